The predicted octanol–water partition coefficient (Wildman–Crippen LogP) is 2.53. The summed E-state index contributed by atoms with van der Waals surface area (Å²) in [7, 11) is 0. The van der Waals surface area contributed by atoms with Gasteiger partial charge >= 0.3 is 0 Å². The van der Waals surface area contributed by atoms with Gasteiger partial charge in [0.2, 0.25) is 5.88 Å². The quantitative estimate of drug-likeness (QED) is 0.713. The zero-order chi connectivity index (χ0) is 18.6. The summed E-state index contributed by atoms with van der Waals surface area (Å²) in [5.74, 6) is 0.950. The van der Waals surface area contributed by atoms with Gasteiger partial charge < -0.3 is 9.64 Å². The van der Waals surface area contributed by atoms with E-state index >= 15 is 0 Å². The lowest BCUT2D eigenvalue weighted by atomic mass is 9.97. The Bertz CT molecular complexity index is 999. The molecule has 0 aliphatic carbocycles. The van der Waals surface area contributed by atoms with Crippen molar-refractivity contribution in [2.24, 2.45) is 5.92 Å². The highest BCUT2D eigenvalue weighted by Gasteiger charge is 2.24. The minimum Gasteiger partial charge on any atom is -0.476 e. The fourth-order valence-electron chi connectivity index (χ4n) is 3.28. The molecule has 1 saturated heterocycles. The van der Waals surface area contributed by atoms with Crippen LogP contribution in [-0.4, -0.2) is 45.1 Å². The first-order chi connectivity index (χ1) is 13.2. The molecule has 0 atom stereocenters. The lowest BCUT2D eigenvalue weighted by molar-refractivity contribution is 0.0659. The van der Waals surface area contributed by atoms with Crippen LogP contribution in [0.15, 0.2) is 48.8 Å². The maximum absolute atomic E-state index is 12.6. The summed E-state index contributed by atoms with van der Waals surface area (Å²) in [6, 6.07) is 12.6. The second-order valence-electron chi connectivity index (χ2n) is 6.64. The summed E-state index contributed by atoms with van der Waals surface area (Å²) in [4.78, 5) is 18.6. The monoisotopic (exact) mass is 361 g/mol. The average molecular weight is 361 g/mol. The van der Waals surface area contributed by atoms with Crippen molar-refractivity contribution >= 4 is 11.6 Å². The first-order valence-electron chi connectivity index (χ1n) is 8.95. The third-order valence-electron chi connectivity index (χ3n) is 4.84. The lowest BCUT2D eigenvalue weighted by Crippen LogP contribution is -2.39. The largest absolute Gasteiger partial charge is 0.476 e. The van der Waals surface area contributed by atoms with E-state index in [1.165, 1.54) is 0 Å². The molecule has 2 aromatic heterocycles. The van der Waals surface area contributed by atoms with E-state index in [0.717, 1.165) is 18.5 Å². The number of nitrogens with zero attached hydrogens (tertiary/aromatic N) is 5. The van der Waals surface area contributed by atoms with Crippen LogP contribution in [0.3, 0.4) is 0 Å². The van der Waals surface area contributed by atoms with Gasteiger partial charge in [-0.15, -0.1) is 5.10 Å². The summed E-state index contributed by atoms with van der Waals surface area (Å²) in [6.45, 7) is 1.97. The van der Waals surface area contributed by atoms with E-state index in [1.54, 1.807) is 41.2 Å². The maximum Gasteiger partial charge on any atom is 0.253 e. The number of aromatic nitrogens is 3. The second kappa shape index (κ2) is 7.46. The summed E-state index contributed by atoms with van der Waals surface area (Å²) in [6.07, 6.45) is 5.26. The number of amides is 1. The number of carbonyl (C=O) groups excluding carboxylic acids is 1. The minimum absolute atomic E-state index is 0.0151. The summed E-state index contributed by atoms with van der Waals surface area (Å²) < 4.78 is 7.52. The van der Waals surface area contributed by atoms with Crippen LogP contribution >= 0.6 is 0 Å². The maximum atomic E-state index is 12.6. The van der Waals surface area contributed by atoms with Crippen molar-refractivity contribution in [3.05, 3.63) is 59.9 Å². The van der Waals surface area contributed by atoms with Gasteiger partial charge in [0, 0.05) is 37.1 Å². The Hall–Kier alpha value is -3.40. The van der Waals surface area contributed by atoms with Crippen LogP contribution in [0.5, 0.6) is 5.88 Å². The van der Waals surface area contributed by atoms with Gasteiger partial charge in [-0.3, -0.25) is 4.79 Å². The van der Waals surface area contributed by atoms with Gasteiger partial charge in [-0.05, 0) is 43.0 Å². The highest BCUT2D eigenvalue weighted by Crippen LogP contribution is 2.20. The van der Waals surface area contributed by atoms with Gasteiger partial charge in [-0.2, -0.15) is 5.26 Å². The number of benzene rings is 1. The Morgan fingerprint density at radius 3 is 2.93 bits per heavy atom. The third kappa shape index (κ3) is 3.75. The molecule has 0 saturated carbocycles. The first kappa shape index (κ1) is 17.0. The van der Waals surface area contributed by atoms with E-state index in [9.17, 15) is 4.79 Å². The molecule has 0 radical (unpaired) electrons. The molecule has 0 spiro atoms. The summed E-state index contributed by atoms with van der Waals surface area (Å²) in [5.41, 5.74) is 1.86. The van der Waals surface area contributed by atoms with Crippen molar-refractivity contribution in [1.29, 1.82) is 5.26 Å². The number of fused-ring (bicyclic) bond motifs is 1. The Kier molecular flexibility index (Phi) is 4.71. The minimum atomic E-state index is -0.0151. The number of ether oxygens (including phenoxy) is 1. The molecule has 4 rings (SSSR count). The molecule has 1 aromatic carbocycles. The molecule has 3 heterocycles. The summed E-state index contributed by atoms with van der Waals surface area (Å²) in [5, 5.41) is 13.3. The highest BCUT2D eigenvalue weighted by molar-refractivity contribution is 5.94. The van der Waals surface area contributed by atoms with Crippen molar-refractivity contribution in [2.45, 2.75) is 12.8 Å². The number of hydrogen-bond acceptors (Lipinski definition) is 5. The zero-order valence-corrected chi connectivity index (χ0v) is 14.8. The van der Waals surface area contributed by atoms with Crippen molar-refractivity contribution in [3.63, 3.8) is 0 Å². The van der Waals surface area contributed by atoms with Gasteiger partial charge in [-0.25, -0.2) is 9.50 Å². The number of carbonyl (C=O) groups is 1. The summed E-state index contributed by atoms with van der Waals surface area (Å²) >= 11 is 0. The highest BCUT2D eigenvalue weighted by atomic mass is 16.5. The molecular weight excluding hydrogens is 342 g/mol. The van der Waals surface area contributed by atoms with Gasteiger partial charge in [0.1, 0.15) is 0 Å². The van der Waals surface area contributed by atoms with Crippen molar-refractivity contribution in [1.82, 2.24) is 19.5 Å². The molecule has 27 heavy (non-hydrogen) atoms. The van der Waals surface area contributed by atoms with Gasteiger partial charge in [0.05, 0.1) is 18.2 Å². The predicted molar refractivity (Wildman–Crippen MR) is 98.3 cm³/mol. The van der Waals surface area contributed by atoms with E-state index in [2.05, 4.69) is 16.2 Å². The van der Waals surface area contributed by atoms with Crippen LogP contribution in [0.4, 0.5) is 0 Å². The smallest absolute Gasteiger partial charge is 0.253 e. The van der Waals surface area contributed by atoms with Crippen LogP contribution in [0, 0.1) is 17.2 Å². The number of piperidine rings is 1. The molecule has 7 nitrogen and oxygen atoms in total. The number of rotatable bonds is 4. The molecule has 1 aliphatic heterocycles. The van der Waals surface area contributed by atoms with Crippen molar-refractivity contribution in [3.8, 4) is 11.9 Å². The average Bonchev–Trinajstić information content (AvgIpc) is 3.20. The Balaban J connectivity index is 1.30. The Morgan fingerprint density at radius 1 is 1.26 bits per heavy atom. The molecule has 7 heteroatoms. The molecular formula is C20H19N5O2. The molecule has 1 aliphatic rings. The molecule has 0 unspecified atom stereocenters. The van der Waals surface area contributed by atoms with Crippen LogP contribution < -0.4 is 4.74 Å². The molecule has 3 aromatic rings. The van der Waals surface area contributed by atoms with Gasteiger partial charge in [-0.1, -0.05) is 6.07 Å². The second-order valence-corrected chi connectivity index (χ2v) is 6.64. The van der Waals surface area contributed by atoms with E-state index in [1.807, 2.05) is 17.0 Å². The number of imidazole rings is 1. The van der Waals surface area contributed by atoms with Crippen molar-refractivity contribution in [2.75, 3.05) is 19.7 Å². The van der Waals surface area contributed by atoms with Gasteiger partial charge in [0.25, 0.3) is 5.91 Å². The number of nitriles is 1. The third-order valence-corrected chi connectivity index (χ3v) is 4.84. The van der Waals surface area contributed by atoms with E-state index in [-0.39, 0.29) is 5.91 Å². The first-order valence-corrected chi connectivity index (χ1v) is 8.95. The van der Waals surface area contributed by atoms with Gasteiger partial charge in [0.15, 0.2) is 5.65 Å². The van der Waals surface area contributed by atoms with E-state index in [4.69, 9.17) is 10.00 Å². The molecule has 0 N–H and O–H groups in total. The van der Waals surface area contributed by atoms with Crippen molar-refractivity contribution < 1.29 is 9.53 Å². The van der Waals surface area contributed by atoms with E-state index in [0.29, 0.717) is 42.6 Å². The molecule has 1 fully saturated rings. The Morgan fingerprint density at radius 2 is 2.11 bits per heavy atom. The fraction of sp³-hybridized carbons (Fsp3) is 0.300. The zero-order valence-electron chi connectivity index (χ0n) is 14.8. The van der Waals surface area contributed by atoms with Crippen LogP contribution in [0.2, 0.25) is 0 Å². The molecule has 136 valence electrons. The standard InChI is InChI=1S/C20H19N5O2/c21-13-16-2-1-3-17(12-16)20(26)24-9-6-15(7-10-24)14-27-19-5-4-18-22-8-11-25(18)23-19/h1-5,8,11-12,15H,6-7,9-10,14H2. The van der Waals surface area contributed by atoms with E-state index < -0.39 is 0 Å². The van der Waals surface area contributed by atoms with Crippen LogP contribution in [-0.2, 0) is 0 Å². The molecule has 1 amide bonds. The topological polar surface area (TPSA) is 83.5 Å². The van der Waals surface area contributed by atoms with Crippen LogP contribution in [0.1, 0.15) is 28.8 Å². The van der Waals surface area contributed by atoms with Crippen LogP contribution in [0.25, 0.3) is 5.65 Å². The fourth-order valence-corrected chi connectivity index (χ4v) is 3.28. The molecule has 0 bridgehead atoms. The Labute approximate surface area is 156 Å². The lowest BCUT2D eigenvalue weighted by Gasteiger charge is -2.31. The SMILES string of the molecule is N#Cc1cccc(C(=O)N2CCC(COc3ccc4nccn4n3)CC2)c1. The number of likely N-dealkylation sites (tertiary alicyclic amines) is 1. The number of hydrogen-bond donors (Lipinski definition) is 0. The normalized spacial score (nSPS) is 14.9.